The predicted molar refractivity (Wildman–Crippen MR) is 117 cm³/mol. The fraction of sp³-hybridized carbons (Fsp3) is 0.208. The van der Waals surface area contributed by atoms with Crippen LogP contribution in [0.25, 0.3) is 5.65 Å². The van der Waals surface area contributed by atoms with E-state index in [0.29, 0.717) is 35.0 Å². The Labute approximate surface area is 179 Å². The fourth-order valence-electron chi connectivity index (χ4n) is 3.43. The van der Waals surface area contributed by atoms with Crippen molar-refractivity contribution < 1.29 is 14.1 Å². The van der Waals surface area contributed by atoms with Crippen molar-refractivity contribution in [1.29, 1.82) is 0 Å². The Morgan fingerprint density at radius 2 is 1.87 bits per heavy atom. The van der Waals surface area contributed by atoms with Crippen LogP contribution in [-0.2, 0) is 11.4 Å². The average Bonchev–Trinajstić information content (AvgIpc) is 3.15. The third-order valence-corrected chi connectivity index (χ3v) is 4.96. The molecule has 158 valence electrons. The van der Waals surface area contributed by atoms with Crippen LogP contribution in [0.4, 0.5) is 5.69 Å². The lowest BCUT2D eigenvalue weighted by Crippen LogP contribution is -2.20. The van der Waals surface area contributed by atoms with Crippen molar-refractivity contribution >= 4 is 17.2 Å². The van der Waals surface area contributed by atoms with E-state index in [1.807, 2.05) is 37.3 Å². The minimum Gasteiger partial charge on any atom is -0.487 e. The summed E-state index contributed by atoms with van der Waals surface area (Å²) in [6, 6.07) is 19.9. The van der Waals surface area contributed by atoms with Gasteiger partial charge < -0.3 is 14.6 Å². The molecule has 0 aliphatic heterocycles. The maximum Gasteiger partial charge on any atom is 0.287 e. The third-order valence-electron chi connectivity index (χ3n) is 4.96. The van der Waals surface area contributed by atoms with E-state index in [1.54, 1.807) is 37.3 Å². The van der Waals surface area contributed by atoms with Gasteiger partial charge in [0.05, 0.1) is 11.6 Å². The number of nitrogens with one attached hydrogen (secondary N) is 1. The first-order valence-corrected chi connectivity index (χ1v) is 10.1. The first-order chi connectivity index (χ1) is 15.0. The van der Waals surface area contributed by atoms with Crippen LogP contribution in [0.1, 0.15) is 36.3 Å². The number of rotatable bonds is 7. The van der Waals surface area contributed by atoms with Crippen molar-refractivity contribution in [3.8, 4) is 5.75 Å². The molecule has 0 saturated heterocycles. The van der Waals surface area contributed by atoms with Crippen molar-refractivity contribution in [2.24, 2.45) is 0 Å². The molecule has 0 saturated carbocycles. The Bertz CT molecular complexity index is 1240. The largest absolute Gasteiger partial charge is 0.487 e. The molecule has 1 N–H and O–H groups in total. The number of fused-ring (bicyclic) bond motifs is 1. The van der Waals surface area contributed by atoms with Gasteiger partial charge in [-0.15, -0.1) is 4.57 Å². The minimum atomic E-state index is -0.293. The highest BCUT2D eigenvalue weighted by Gasteiger charge is 2.18. The van der Waals surface area contributed by atoms with Crippen molar-refractivity contribution in [2.75, 3.05) is 5.32 Å². The Hall–Kier alpha value is -3.87. The number of ether oxygens (including phenoxy) is 1. The van der Waals surface area contributed by atoms with E-state index < -0.39 is 0 Å². The zero-order valence-corrected chi connectivity index (χ0v) is 17.4. The van der Waals surface area contributed by atoms with Gasteiger partial charge in [-0.1, -0.05) is 37.3 Å². The zero-order valence-electron chi connectivity index (χ0n) is 17.4. The normalized spacial score (nSPS) is 11.9. The second-order valence-electron chi connectivity index (χ2n) is 7.26. The first kappa shape index (κ1) is 20.4. The van der Waals surface area contributed by atoms with Gasteiger partial charge in [-0.25, -0.2) is 4.98 Å². The molecule has 0 unspecified atom stereocenters. The summed E-state index contributed by atoms with van der Waals surface area (Å²) in [6.45, 7) is 3.90. The van der Waals surface area contributed by atoms with E-state index in [-0.39, 0.29) is 24.0 Å². The maximum absolute atomic E-state index is 12.7. The molecule has 31 heavy (non-hydrogen) atoms. The molecule has 1 atom stereocenters. The molecule has 0 fully saturated rings. The fourth-order valence-corrected chi connectivity index (χ4v) is 3.43. The highest BCUT2D eigenvalue weighted by Crippen LogP contribution is 2.23. The highest BCUT2D eigenvalue weighted by atomic mass is 16.5. The Morgan fingerprint density at radius 3 is 2.58 bits per heavy atom. The van der Waals surface area contributed by atoms with Crippen molar-refractivity contribution in [3.05, 3.63) is 94.1 Å². The van der Waals surface area contributed by atoms with E-state index in [0.717, 1.165) is 10.1 Å². The van der Waals surface area contributed by atoms with Crippen LogP contribution in [0.5, 0.6) is 5.75 Å². The minimum absolute atomic E-state index is 0.0456. The molecule has 4 rings (SSSR count). The number of carbonyl (C=O) groups excluding carboxylic acids is 1. The topological polar surface area (TPSA) is 85.8 Å². The molecular formula is C24H23N3O4. The monoisotopic (exact) mass is 417 g/mol. The predicted octanol–water partition coefficient (Wildman–Crippen LogP) is 4.31. The number of hydrogen-bond donors (Lipinski definition) is 1. The van der Waals surface area contributed by atoms with E-state index >= 15 is 0 Å². The summed E-state index contributed by atoms with van der Waals surface area (Å²) in [5.74, 6) is 0.968. The summed E-state index contributed by atoms with van der Waals surface area (Å²) in [7, 11) is 0. The number of carbonyl (C=O) groups is 1. The molecule has 7 heteroatoms. The lowest BCUT2D eigenvalue weighted by atomic mass is 9.95. The second-order valence-corrected chi connectivity index (χ2v) is 7.26. The zero-order chi connectivity index (χ0) is 21.8. The van der Waals surface area contributed by atoms with E-state index in [9.17, 15) is 9.59 Å². The molecule has 2 aromatic carbocycles. The van der Waals surface area contributed by atoms with Crippen LogP contribution >= 0.6 is 0 Å². The van der Waals surface area contributed by atoms with Gasteiger partial charge in [0.15, 0.2) is 5.65 Å². The van der Waals surface area contributed by atoms with Gasteiger partial charge in [-0.05, 0) is 43.2 Å². The number of nitrogens with zero attached hydrogens (tertiary/aromatic N) is 2. The molecule has 2 heterocycles. The third kappa shape index (κ3) is 4.66. The number of aryl methyl sites for hydroxylation is 1. The van der Waals surface area contributed by atoms with Crippen LogP contribution in [0.3, 0.4) is 0 Å². The Kier molecular flexibility index (Phi) is 5.84. The van der Waals surface area contributed by atoms with Gasteiger partial charge in [0.2, 0.25) is 5.91 Å². The summed E-state index contributed by atoms with van der Waals surface area (Å²) in [5, 5.41) is 2.96. The Morgan fingerprint density at radius 1 is 1.13 bits per heavy atom. The molecule has 0 spiro atoms. The maximum atomic E-state index is 12.7. The van der Waals surface area contributed by atoms with Gasteiger partial charge in [-0.3, -0.25) is 9.59 Å². The van der Waals surface area contributed by atoms with Gasteiger partial charge in [0, 0.05) is 17.8 Å². The number of anilines is 1. The van der Waals surface area contributed by atoms with Gasteiger partial charge >= 0.3 is 0 Å². The molecule has 0 aliphatic carbocycles. The van der Waals surface area contributed by atoms with Gasteiger partial charge in [-0.2, -0.15) is 0 Å². The summed E-state index contributed by atoms with van der Waals surface area (Å²) < 4.78 is 12.2. The Balaban J connectivity index is 1.39. The molecule has 2 aromatic heterocycles. The molecule has 1 amide bonds. The highest BCUT2D eigenvalue weighted by molar-refractivity contribution is 5.95. The standard InChI is InChI=1S/C24H23N3O4/c1-3-21(17-7-5-4-6-8-17)24(29)26-18-9-11-20(12-10-18)30-15-19-14-23(28)27-22(25-19)13-16(2)31-27/h4-14,21H,3,15H2,1-2H3,(H,26,29)/t21-/m1/s1. The number of amides is 1. The van der Waals surface area contributed by atoms with Gasteiger partial charge in [0.1, 0.15) is 18.1 Å². The van der Waals surface area contributed by atoms with Crippen LogP contribution in [-0.4, -0.2) is 15.5 Å². The van der Waals surface area contributed by atoms with Gasteiger partial charge in [0.25, 0.3) is 5.56 Å². The molecule has 4 aromatic rings. The summed E-state index contributed by atoms with van der Waals surface area (Å²) in [6.07, 6.45) is 0.713. The van der Waals surface area contributed by atoms with Crippen molar-refractivity contribution in [1.82, 2.24) is 9.56 Å². The average molecular weight is 417 g/mol. The summed E-state index contributed by atoms with van der Waals surface area (Å²) in [4.78, 5) is 29.2. The molecule has 0 radical (unpaired) electrons. The van der Waals surface area contributed by atoms with E-state index in [4.69, 9.17) is 9.26 Å². The lowest BCUT2D eigenvalue weighted by molar-refractivity contribution is -0.117. The van der Waals surface area contributed by atoms with Crippen LogP contribution in [0, 0.1) is 6.92 Å². The van der Waals surface area contributed by atoms with Crippen molar-refractivity contribution in [2.45, 2.75) is 32.8 Å². The number of benzene rings is 2. The molecular weight excluding hydrogens is 394 g/mol. The lowest BCUT2D eigenvalue weighted by Gasteiger charge is -2.15. The van der Waals surface area contributed by atoms with Crippen LogP contribution < -0.4 is 15.6 Å². The smallest absolute Gasteiger partial charge is 0.287 e. The SMILES string of the molecule is CC[C@@H](C(=O)Nc1ccc(OCc2cc(=O)n3oc(C)cc3n2)cc1)c1ccccc1. The van der Waals surface area contributed by atoms with E-state index in [1.165, 1.54) is 6.07 Å². The van der Waals surface area contributed by atoms with Crippen LogP contribution in [0.2, 0.25) is 0 Å². The number of aromatic nitrogens is 2. The molecule has 0 aliphatic rings. The molecule has 0 bridgehead atoms. The number of hydrogen-bond acceptors (Lipinski definition) is 5. The first-order valence-electron chi connectivity index (χ1n) is 10.1. The molecule has 7 nitrogen and oxygen atoms in total. The quantitative estimate of drug-likeness (QED) is 0.484. The van der Waals surface area contributed by atoms with Crippen molar-refractivity contribution in [3.63, 3.8) is 0 Å². The summed E-state index contributed by atoms with van der Waals surface area (Å²) in [5.41, 5.74) is 2.36. The summed E-state index contributed by atoms with van der Waals surface area (Å²) >= 11 is 0. The van der Waals surface area contributed by atoms with E-state index in [2.05, 4.69) is 10.3 Å². The van der Waals surface area contributed by atoms with Crippen LogP contribution in [0.15, 0.2) is 76.0 Å². The second kappa shape index (κ2) is 8.87.